The van der Waals surface area contributed by atoms with Crippen LogP contribution in [0.25, 0.3) is 0 Å². The fourth-order valence-electron chi connectivity index (χ4n) is 1.86. The SMILES string of the molecule is CCC(NS(=O)(=O)c1c(C)csc1C(=O)O)C(C)C. The number of sulfonamides is 1. The molecule has 0 spiro atoms. The lowest BCUT2D eigenvalue weighted by molar-refractivity contribution is 0.0698. The number of thiophene rings is 1. The Morgan fingerprint density at radius 1 is 1.47 bits per heavy atom. The van der Waals surface area contributed by atoms with Crippen LogP contribution in [-0.4, -0.2) is 25.5 Å². The summed E-state index contributed by atoms with van der Waals surface area (Å²) in [6.45, 7) is 7.35. The third-order valence-electron chi connectivity index (χ3n) is 2.93. The van der Waals surface area contributed by atoms with Gasteiger partial charge in [0.2, 0.25) is 10.0 Å². The van der Waals surface area contributed by atoms with Crippen LogP contribution in [0, 0.1) is 12.8 Å². The van der Waals surface area contributed by atoms with E-state index < -0.39 is 16.0 Å². The van der Waals surface area contributed by atoms with E-state index in [1.807, 2.05) is 20.8 Å². The minimum absolute atomic E-state index is 0.107. The molecule has 0 bridgehead atoms. The highest BCUT2D eigenvalue weighted by molar-refractivity contribution is 7.89. The zero-order chi connectivity index (χ0) is 14.8. The van der Waals surface area contributed by atoms with Crippen molar-refractivity contribution >= 4 is 27.3 Å². The highest BCUT2D eigenvalue weighted by Gasteiger charge is 2.29. The van der Waals surface area contributed by atoms with Gasteiger partial charge in [0, 0.05) is 6.04 Å². The van der Waals surface area contributed by atoms with Gasteiger partial charge in [0.15, 0.2) is 0 Å². The predicted octanol–water partition coefficient (Wildman–Crippen LogP) is 2.47. The highest BCUT2D eigenvalue weighted by atomic mass is 32.2. The normalized spacial score (nSPS) is 13.7. The maximum atomic E-state index is 12.3. The van der Waals surface area contributed by atoms with E-state index in [9.17, 15) is 13.2 Å². The van der Waals surface area contributed by atoms with Crippen molar-refractivity contribution in [2.24, 2.45) is 5.92 Å². The van der Waals surface area contributed by atoms with E-state index in [1.54, 1.807) is 12.3 Å². The summed E-state index contributed by atoms with van der Waals surface area (Å²) in [5.74, 6) is -1.07. The van der Waals surface area contributed by atoms with Crippen LogP contribution in [0.4, 0.5) is 0 Å². The minimum Gasteiger partial charge on any atom is -0.477 e. The van der Waals surface area contributed by atoms with E-state index in [0.29, 0.717) is 12.0 Å². The first-order chi connectivity index (χ1) is 8.70. The van der Waals surface area contributed by atoms with E-state index >= 15 is 0 Å². The van der Waals surface area contributed by atoms with E-state index in [-0.39, 0.29) is 21.7 Å². The number of carboxylic acid groups (broad SMARTS) is 1. The maximum absolute atomic E-state index is 12.3. The Morgan fingerprint density at radius 2 is 2.05 bits per heavy atom. The summed E-state index contributed by atoms with van der Waals surface area (Å²) in [4.78, 5) is 10.8. The molecule has 1 unspecified atom stereocenters. The standard InChI is InChI=1S/C12H19NO4S2/c1-5-9(7(2)3)13-19(16,17)11-8(4)6-18-10(11)12(14)15/h6-7,9,13H,5H2,1-4H3,(H,14,15). The van der Waals surface area contributed by atoms with Crippen molar-refractivity contribution < 1.29 is 18.3 Å². The summed E-state index contributed by atoms with van der Waals surface area (Å²) in [5.41, 5.74) is 0.466. The van der Waals surface area contributed by atoms with Crippen LogP contribution in [0.2, 0.25) is 0 Å². The van der Waals surface area contributed by atoms with Crippen molar-refractivity contribution in [3.8, 4) is 0 Å². The molecule has 1 aromatic heterocycles. The molecular formula is C12H19NO4S2. The van der Waals surface area contributed by atoms with Crippen molar-refractivity contribution in [2.45, 2.75) is 45.1 Å². The average Bonchev–Trinajstić information content (AvgIpc) is 2.68. The smallest absolute Gasteiger partial charge is 0.347 e. The number of aromatic carboxylic acids is 1. The molecule has 1 atom stereocenters. The first-order valence-corrected chi connectivity index (χ1v) is 8.40. The van der Waals surface area contributed by atoms with Gasteiger partial charge >= 0.3 is 5.97 Å². The molecule has 0 amide bonds. The van der Waals surface area contributed by atoms with Crippen LogP contribution in [0.3, 0.4) is 0 Å². The van der Waals surface area contributed by atoms with Gasteiger partial charge in [-0.05, 0) is 30.2 Å². The lowest BCUT2D eigenvalue weighted by Crippen LogP contribution is -2.38. The van der Waals surface area contributed by atoms with E-state index in [0.717, 1.165) is 11.3 Å². The number of carboxylic acids is 1. The molecular weight excluding hydrogens is 286 g/mol. The molecule has 0 saturated heterocycles. The summed E-state index contributed by atoms with van der Waals surface area (Å²) < 4.78 is 27.3. The van der Waals surface area contributed by atoms with Crippen molar-refractivity contribution in [3.63, 3.8) is 0 Å². The number of nitrogens with one attached hydrogen (secondary N) is 1. The van der Waals surface area contributed by atoms with E-state index in [1.165, 1.54) is 0 Å². The zero-order valence-corrected chi connectivity index (χ0v) is 13.1. The number of aryl methyl sites for hydroxylation is 1. The summed E-state index contributed by atoms with van der Waals surface area (Å²) in [5, 5.41) is 10.6. The summed E-state index contributed by atoms with van der Waals surface area (Å²) in [7, 11) is -3.80. The monoisotopic (exact) mass is 305 g/mol. The van der Waals surface area contributed by atoms with Crippen LogP contribution in [0.15, 0.2) is 10.3 Å². The Bertz CT molecular complexity index is 560. The van der Waals surface area contributed by atoms with E-state index in [2.05, 4.69) is 4.72 Å². The van der Waals surface area contributed by atoms with Crippen LogP contribution in [0.5, 0.6) is 0 Å². The van der Waals surface area contributed by atoms with Crippen LogP contribution < -0.4 is 4.72 Å². The maximum Gasteiger partial charge on any atom is 0.347 e. The molecule has 1 heterocycles. The number of hydrogen-bond donors (Lipinski definition) is 2. The van der Waals surface area contributed by atoms with Crippen molar-refractivity contribution in [3.05, 3.63) is 15.8 Å². The highest BCUT2D eigenvalue weighted by Crippen LogP contribution is 2.27. The van der Waals surface area contributed by atoms with Gasteiger partial charge in [0.25, 0.3) is 0 Å². The Morgan fingerprint density at radius 3 is 2.47 bits per heavy atom. The van der Waals surface area contributed by atoms with Gasteiger partial charge in [-0.2, -0.15) is 0 Å². The fourth-order valence-corrected chi connectivity index (χ4v) is 4.96. The zero-order valence-electron chi connectivity index (χ0n) is 11.4. The summed E-state index contributed by atoms with van der Waals surface area (Å²) in [6, 6.07) is -0.203. The number of rotatable bonds is 6. The molecule has 5 nitrogen and oxygen atoms in total. The number of hydrogen-bond acceptors (Lipinski definition) is 4. The predicted molar refractivity (Wildman–Crippen MR) is 75.3 cm³/mol. The molecule has 0 aliphatic heterocycles. The van der Waals surface area contributed by atoms with Gasteiger partial charge in [0.05, 0.1) is 0 Å². The van der Waals surface area contributed by atoms with Crippen molar-refractivity contribution in [1.82, 2.24) is 4.72 Å². The average molecular weight is 305 g/mol. The third kappa shape index (κ3) is 3.55. The molecule has 0 radical (unpaired) electrons. The second kappa shape index (κ2) is 6.02. The Hall–Kier alpha value is -0.920. The van der Waals surface area contributed by atoms with Gasteiger partial charge in [-0.25, -0.2) is 17.9 Å². The molecule has 0 aliphatic rings. The minimum atomic E-state index is -3.80. The van der Waals surface area contributed by atoms with Gasteiger partial charge in [-0.15, -0.1) is 11.3 Å². The third-order valence-corrected chi connectivity index (χ3v) is 5.82. The number of carbonyl (C=O) groups is 1. The fraction of sp³-hybridized carbons (Fsp3) is 0.583. The molecule has 7 heteroatoms. The lowest BCUT2D eigenvalue weighted by Gasteiger charge is -2.20. The molecule has 2 N–H and O–H groups in total. The van der Waals surface area contributed by atoms with E-state index in [4.69, 9.17) is 5.11 Å². The molecule has 0 aliphatic carbocycles. The van der Waals surface area contributed by atoms with Gasteiger partial charge in [-0.3, -0.25) is 0 Å². The van der Waals surface area contributed by atoms with Crippen molar-refractivity contribution in [2.75, 3.05) is 0 Å². The first-order valence-electron chi connectivity index (χ1n) is 6.04. The van der Waals surface area contributed by atoms with Gasteiger partial charge < -0.3 is 5.11 Å². The molecule has 1 aromatic rings. The Kier molecular flexibility index (Phi) is 5.11. The topological polar surface area (TPSA) is 83.5 Å². The van der Waals surface area contributed by atoms with Gasteiger partial charge in [-0.1, -0.05) is 20.8 Å². The molecule has 0 saturated carbocycles. The second-order valence-electron chi connectivity index (χ2n) is 4.76. The quantitative estimate of drug-likeness (QED) is 0.845. The van der Waals surface area contributed by atoms with Crippen LogP contribution >= 0.6 is 11.3 Å². The first kappa shape index (κ1) is 16.1. The summed E-state index contributed by atoms with van der Waals surface area (Å²) in [6.07, 6.45) is 0.655. The molecule has 1 rings (SSSR count). The Balaban J connectivity index is 3.21. The molecule has 19 heavy (non-hydrogen) atoms. The molecule has 108 valence electrons. The molecule has 0 fully saturated rings. The van der Waals surface area contributed by atoms with Crippen LogP contribution in [0.1, 0.15) is 42.4 Å². The second-order valence-corrected chi connectivity index (χ2v) is 7.29. The summed E-state index contributed by atoms with van der Waals surface area (Å²) >= 11 is 0.936. The largest absolute Gasteiger partial charge is 0.477 e. The molecule has 0 aromatic carbocycles. The lowest BCUT2D eigenvalue weighted by atomic mass is 10.0. The van der Waals surface area contributed by atoms with Gasteiger partial charge in [0.1, 0.15) is 9.77 Å². The van der Waals surface area contributed by atoms with Crippen molar-refractivity contribution in [1.29, 1.82) is 0 Å². The van der Waals surface area contributed by atoms with Crippen LogP contribution in [-0.2, 0) is 10.0 Å². The Labute approximate surface area is 117 Å².